The Kier molecular flexibility index (Phi) is 3.78. The van der Waals surface area contributed by atoms with Crippen LogP contribution in [0.2, 0.25) is 0 Å². The van der Waals surface area contributed by atoms with Gasteiger partial charge >= 0.3 is 0 Å². The largest absolute Gasteiger partial charge is 0.307 e. The molecular formula is C30H28N3+. The van der Waals surface area contributed by atoms with Crippen LogP contribution < -0.4 is 4.57 Å². The second kappa shape index (κ2) is 6.23. The molecule has 0 aliphatic carbocycles. The van der Waals surface area contributed by atoms with Crippen molar-refractivity contribution in [2.75, 3.05) is 0 Å². The van der Waals surface area contributed by atoms with E-state index in [0.717, 1.165) is 5.56 Å². The number of hydrogen-bond donors (Lipinski definition) is 0. The van der Waals surface area contributed by atoms with Crippen molar-refractivity contribution in [2.24, 2.45) is 7.05 Å². The number of nitrogens with zero attached hydrogens (tertiary/aromatic N) is 3. The molecule has 3 aromatic heterocycles. The molecule has 6 rings (SSSR count). The minimum Gasteiger partial charge on any atom is -0.307 e. The molecule has 0 N–H and O–H groups in total. The van der Waals surface area contributed by atoms with Crippen molar-refractivity contribution in [1.82, 2.24) is 4.40 Å². The van der Waals surface area contributed by atoms with Gasteiger partial charge in [-0.05, 0) is 86.9 Å². The molecule has 0 saturated heterocycles. The molecule has 0 unspecified atom stereocenters. The first-order valence-electron chi connectivity index (χ1n) is 11.6. The van der Waals surface area contributed by atoms with Gasteiger partial charge in [0.05, 0.1) is 38.8 Å². The van der Waals surface area contributed by atoms with Crippen LogP contribution in [-0.4, -0.2) is 4.40 Å². The molecule has 3 nitrogen and oxygen atoms in total. The van der Waals surface area contributed by atoms with Gasteiger partial charge in [-0.25, -0.2) is 4.57 Å². The minimum atomic E-state index is -0.602. The van der Waals surface area contributed by atoms with Crippen LogP contribution in [0.15, 0.2) is 42.6 Å². The highest BCUT2D eigenvalue weighted by atomic mass is 15.0. The standard InChI is InChI=1S/C30H28N3/c1-16-8-9-21-23(12-16)33-27-18(3)13-17(2)19(4)24(27)28-25-20(10-11-32(28)7)14-22(26(21)29(25)33)30(5,6)15-31/h8-14H,1-7H3/q+1. The predicted octanol–water partition coefficient (Wildman–Crippen LogP) is 6.85. The summed E-state index contributed by atoms with van der Waals surface area (Å²) in [7, 11) is 2.15. The van der Waals surface area contributed by atoms with Crippen molar-refractivity contribution in [3.8, 4) is 6.07 Å². The third-order valence-corrected chi connectivity index (χ3v) is 7.71. The average Bonchev–Trinajstić information content (AvgIpc) is 3.11. The molecule has 162 valence electrons. The van der Waals surface area contributed by atoms with Gasteiger partial charge in [0, 0.05) is 16.8 Å². The fourth-order valence-electron chi connectivity index (χ4n) is 5.91. The number of hydrogen-bond acceptors (Lipinski definition) is 1. The van der Waals surface area contributed by atoms with Gasteiger partial charge in [0.25, 0.3) is 0 Å². The molecule has 0 fully saturated rings. The van der Waals surface area contributed by atoms with Gasteiger partial charge in [0.2, 0.25) is 5.52 Å². The zero-order valence-electron chi connectivity index (χ0n) is 20.4. The Bertz CT molecular complexity index is 1840. The van der Waals surface area contributed by atoms with E-state index < -0.39 is 5.41 Å². The van der Waals surface area contributed by atoms with E-state index in [4.69, 9.17) is 0 Å². The summed E-state index contributed by atoms with van der Waals surface area (Å²) >= 11 is 0. The van der Waals surface area contributed by atoms with Gasteiger partial charge in [-0.1, -0.05) is 18.2 Å². The van der Waals surface area contributed by atoms with Crippen molar-refractivity contribution in [2.45, 2.75) is 47.0 Å². The van der Waals surface area contributed by atoms with E-state index in [2.05, 4.69) is 92.4 Å². The number of aromatic nitrogens is 2. The van der Waals surface area contributed by atoms with Gasteiger partial charge in [0.15, 0.2) is 6.20 Å². The Hall–Kier alpha value is -3.64. The number of benzene rings is 3. The van der Waals surface area contributed by atoms with Crippen LogP contribution in [0.25, 0.3) is 49.0 Å². The molecule has 0 amide bonds. The van der Waals surface area contributed by atoms with Gasteiger partial charge in [-0.2, -0.15) is 5.26 Å². The van der Waals surface area contributed by atoms with Crippen molar-refractivity contribution in [3.05, 3.63) is 70.4 Å². The minimum absolute atomic E-state index is 0.602. The summed E-state index contributed by atoms with van der Waals surface area (Å²) in [6.45, 7) is 12.9. The lowest BCUT2D eigenvalue weighted by atomic mass is 9.81. The number of rotatable bonds is 1. The second-order valence-corrected chi connectivity index (χ2v) is 10.3. The third kappa shape index (κ3) is 2.36. The normalized spacial score (nSPS) is 12.7. The zero-order valence-corrected chi connectivity index (χ0v) is 20.4. The van der Waals surface area contributed by atoms with E-state index in [1.165, 1.54) is 71.3 Å². The molecule has 3 heterocycles. The third-order valence-electron chi connectivity index (χ3n) is 7.71. The number of fused-ring (bicyclic) bond motifs is 6. The van der Waals surface area contributed by atoms with Gasteiger partial charge in [-0.15, -0.1) is 0 Å². The molecule has 0 radical (unpaired) electrons. The molecule has 0 bridgehead atoms. The summed E-state index contributed by atoms with van der Waals surface area (Å²) in [5.41, 5.74) is 10.7. The highest BCUT2D eigenvalue weighted by Gasteiger charge is 2.31. The highest BCUT2D eigenvalue weighted by molar-refractivity contribution is 6.28. The molecule has 3 heteroatoms. The van der Waals surface area contributed by atoms with Crippen LogP contribution in [0, 0.1) is 39.0 Å². The number of aryl methyl sites for hydroxylation is 5. The van der Waals surface area contributed by atoms with Crippen LogP contribution in [0.5, 0.6) is 0 Å². The quantitative estimate of drug-likeness (QED) is 0.159. The van der Waals surface area contributed by atoms with Gasteiger partial charge in [-0.3, -0.25) is 0 Å². The van der Waals surface area contributed by atoms with Crippen LogP contribution in [0.3, 0.4) is 0 Å². The van der Waals surface area contributed by atoms with Crippen molar-refractivity contribution >= 4 is 49.0 Å². The van der Waals surface area contributed by atoms with Crippen LogP contribution in [0.1, 0.15) is 41.7 Å². The van der Waals surface area contributed by atoms with Crippen molar-refractivity contribution in [1.29, 1.82) is 5.26 Å². The predicted molar refractivity (Wildman–Crippen MR) is 137 cm³/mol. The molecular weight excluding hydrogens is 402 g/mol. The molecule has 0 aliphatic heterocycles. The number of nitriles is 1. The number of pyridine rings is 2. The molecule has 0 spiro atoms. The Morgan fingerprint density at radius 2 is 1.64 bits per heavy atom. The fraction of sp³-hybridized carbons (Fsp3) is 0.267. The lowest BCUT2D eigenvalue weighted by Crippen LogP contribution is -2.29. The second-order valence-electron chi connectivity index (χ2n) is 10.3. The zero-order chi connectivity index (χ0) is 23.4. The molecule has 3 aromatic carbocycles. The van der Waals surface area contributed by atoms with E-state index in [0.29, 0.717) is 0 Å². The van der Waals surface area contributed by atoms with E-state index in [9.17, 15) is 5.26 Å². The first kappa shape index (κ1) is 20.0. The topological polar surface area (TPSA) is 32.1 Å². The van der Waals surface area contributed by atoms with Crippen LogP contribution >= 0.6 is 0 Å². The molecule has 0 aliphatic rings. The maximum Gasteiger partial charge on any atom is 0.224 e. The average molecular weight is 431 g/mol. The SMILES string of the molecule is Cc1ccc2c3c(C(C)(C)C#N)cc4cc[n+](C)c5c6c(C)c(C)cc(C)c6n(c2c1)c3c45. The van der Waals surface area contributed by atoms with E-state index in [1.807, 2.05) is 13.8 Å². The van der Waals surface area contributed by atoms with Crippen molar-refractivity contribution < 1.29 is 4.57 Å². The lowest BCUT2D eigenvalue weighted by Gasteiger charge is -2.21. The Morgan fingerprint density at radius 1 is 0.879 bits per heavy atom. The summed E-state index contributed by atoms with van der Waals surface area (Å²) in [4.78, 5) is 0. The van der Waals surface area contributed by atoms with Crippen molar-refractivity contribution in [3.63, 3.8) is 0 Å². The van der Waals surface area contributed by atoms with E-state index >= 15 is 0 Å². The maximum atomic E-state index is 10.1. The van der Waals surface area contributed by atoms with Crippen LogP contribution in [0.4, 0.5) is 0 Å². The first-order chi connectivity index (χ1) is 15.7. The summed E-state index contributed by atoms with van der Waals surface area (Å²) in [6, 6.07) is 16.1. The molecule has 0 atom stereocenters. The maximum absolute atomic E-state index is 10.1. The Morgan fingerprint density at radius 3 is 2.36 bits per heavy atom. The van der Waals surface area contributed by atoms with Gasteiger partial charge in [0.1, 0.15) is 7.05 Å². The van der Waals surface area contributed by atoms with Gasteiger partial charge < -0.3 is 4.40 Å². The van der Waals surface area contributed by atoms with E-state index in [1.54, 1.807) is 0 Å². The Balaban J connectivity index is 2.14. The molecule has 6 aromatic rings. The molecule has 33 heavy (non-hydrogen) atoms. The summed E-state index contributed by atoms with van der Waals surface area (Å²) in [5, 5.41) is 16.3. The summed E-state index contributed by atoms with van der Waals surface area (Å²) in [5.74, 6) is 0. The highest BCUT2D eigenvalue weighted by Crippen LogP contribution is 2.46. The fourth-order valence-corrected chi connectivity index (χ4v) is 5.91. The van der Waals surface area contributed by atoms with E-state index in [-0.39, 0.29) is 0 Å². The summed E-state index contributed by atoms with van der Waals surface area (Å²) in [6.07, 6.45) is 2.16. The smallest absolute Gasteiger partial charge is 0.224 e. The summed E-state index contributed by atoms with van der Waals surface area (Å²) < 4.78 is 4.76. The lowest BCUT2D eigenvalue weighted by molar-refractivity contribution is -0.643. The first-order valence-corrected chi connectivity index (χ1v) is 11.6. The molecule has 0 saturated carbocycles. The monoisotopic (exact) mass is 430 g/mol. The Labute approximate surface area is 193 Å². The van der Waals surface area contributed by atoms with Crippen LogP contribution in [-0.2, 0) is 12.5 Å².